The van der Waals surface area contributed by atoms with E-state index < -0.39 is 29.3 Å². The first-order valence-electron chi connectivity index (χ1n) is 8.23. The van der Waals surface area contributed by atoms with Crippen LogP contribution in [0.15, 0.2) is 83.4 Å². The van der Waals surface area contributed by atoms with E-state index in [4.69, 9.17) is 0 Å². The van der Waals surface area contributed by atoms with Crippen LogP contribution < -0.4 is 4.90 Å². The molecule has 0 saturated heterocycles. The second-order valence-corrected chi connectivity index (χ2v) is 6.98. The fourth-order valence-corrected chi connectivity index (χ4v) is 3.90. The van der Waals surface area contributed by atoms with Crippen molar-refractivity contribution in [1.29, 1.82) is 0 Å². The highest BCUT2D eigenvalue weighted by atomic mass is 32.1. The normalized spacial score (nSPS) is 16.9. The lowest BCUT2D eigenvalue weighted by Crippen LogP contribution is -2.31. The first kappa shape index (κ1) is 17.2. The van der Waals surface area contributed by atoms with E-state index in [9.17, 15) is 19.1 Å². The molecule has 1 aliphatic rings. The molecule has 0 spiro atoms. The van der Waals surface area contributed by atoms with Crippen molar-refractivity contribution < 1.29 is 19.1 Å². The monoisotopic (exact) mass is 379 g/mol. The number of ketones is 1. The molecule has 1 amide bonds. The highest BCUT2D eigenvalue weighted by Gasteiger charge is 2.44. The lowest BCUT2D eigenvalue weighted by Gasteiger charge is -2.26. The summed E-state index contributed by atoms with van der Waals surface area (Å²) in [5.41, 5.74) is 0.923. The molecule has 6 heteroatoms. The molecular formula is C21H14FNO3S. The van der Waals surface area contributed by atoms with Gasteiger partial charge in [0.05, 0.1) is 16.5 Å². The third-order valence-corrected chi connectivity index (χ3v) is 5.27. The molecule has 1 unspecified atom stereocenters. The number of halogens is 1. The minimum absolute atomic E-state index is 0.00193. The Morgan fingerprint density at radius 2 is 1.81 bits per heavy atom. The van der Waals surface area contributed by atoms with Crippen LogP contribution in [0, 0.1) is 5.82 Å². The predicted octanol–water partition coefficient (Wildman–Crippen LogP) is 4.67. The maximum Gasteiger partial charge on any atom is 0.294 e. The average Bonchev–Trinajstić information content (AvgIpc) is 3.30. The lowest BCUT2D eigenvalue weighted by molar-refractivity contribution is -0.117. The van der Waals surface area contributed by atoms with Crippen LogP contribution in [0.1, 0.15) is 21.3 Å². The number of carbonyl (C=O) groups is 2. The molecule has 134 valence electrons. The van der Waals surface area contributed by atoms with Crippen LogP contribution in [0.3, 0.4) is 0 Å². The van der Waals surface area contributed by atoms with Gasteiger partial charge in [-0.1, -0.05) is 42.5 Å². The Labute approximate surface area is 158 Å². The number of amides is 1. The minimum Gasteiger partial charge on any atom is -0.503 e. The number of rotatable bonds is 4. The lowest BCUT2D eigenvalue weighted by atomic mass is 9.95. The van der Waals surface area contributed by atoms with Gasteiger partial charge in [0.1, 0.15) is 5.82 Å². The van der Waals surface area contributed by atoms with Gasteiger partial charge >= 0.3 is 0 Å². The molecule has 1 aliphatic heterocycles. The largest absolute Gasteiger partial charge is 0.503 e. The molecule has 0 fully saturated rings. The third-order valence-electron chi connectivity index (χ3n) is 4.40. The van der Waals surface area contributed by atoms with E-state index in [1.54, 1.807) is 47.8 Å². The van der Waals surface area contributed by atoms with Gasteiger partial charge in [-0.25, -0.2) is 4.39 Å². The van der Waals surface area contributed by atoms with Crippen molar-refractivity contribution in [1.82, 2.24) is 0 Å². The number of aliphatic hydroxyl groups is 1. The summed E-state index contributed by atoms with van der Waals surface area (Å²) in [6.45, 7) is 0. The van der Waals surface area contributed by atoms with Gasteiger partial charge < -0.3 is 5.11 Å². The summed E-state index contributed by atoms with van der Waals surface area (Å²) < 4.78 is 13.8. The van der Waals surface area contributed by atoms with E-state index in [2.05, 4.69) is 0 Å². The van der Waals surface area contributed by atoms with Crippen LogP contribution in [-0.2, 0) is 4.79 Å². The van der Waals surface area contributed by atoms with E-state index in [1.807, 2.05) is 6.07 Å². The summed E-state index contributed by atoms with van der Waals surface area (Å²) in [5, 5.41) is 12.3. The summed E-state index contributed by atoms with van der Waals surface area (Å²) in [6, 6.07) is 17.0. The molecule has 1 N–H and O–H groups in total. The van der Waals surface area contributed by atoms with Crippen molar-refractivity contribution in [2.45, 2.75) is 6.04 Å². The third kappa shape index (κ3) is 2.94. The number of hydrogen-bond acceptors (Lipinski definition) is 4. The number of Topliss-reactive ketones (excluding diaryl/α,β-unsaturated/α-hetero) is 1. The maximum atomic E-state index is 13.8. The zero-order valence-corrected chi connectivity index (χ0v) is 14.8. The smallest absolute Gasteiger partial charge is 0.294 e. The van der Waals surface area contributed by atoms with E-state index in [-0.39, 0.29) is 11.3 Å². The van der Waals surface area contributed by atoms with Crippen LogP contribution >= 0.6 is 11.3 Å². The van der Waals surface area contributed by atoms with Gasteiger partial charge in [-0.15, -0.1) is 11.3 Å². The molecule has 1 atom stereocenters. The Kier molecular flexibility index (Phi) is 4.33. The molecule has 1 aromatic heterocycles. The molecule has 0 bridgehead atoms. The van der Waals surface area contributed by atoms with Crippen molar-refractivity contribution in [3.63, 3.8) is 0 Å². The van der Waals surface area contributed by atoms with Gasteiger partial charge in [-0.2, -0.15) is 0 Å². The highest BCUT2D eigenvalue weighted by molar-refractivity contribution is 7.12. The van der Waals surface area contributed by atoms with E-state index in [0.29, 0.717) is 10.4 Å². The molecule has 0 saturated carbocycles. The van der Waals surface area contributed by atoms with Gasteiger partial charge in [0.25, 0.3) is 5.91 Å². The summed E-state index contributed by atoms with van der Waals surface area (Å²) in [5.74, 6) is -2.26. The Hall–Kier alpha value is -3.25. The van der Waals surface area contributed by atoms with Crippen molar-refractivity contribution in [3.05, 3.63) is 99.7 Å². The Morgan fingerprint density at radius 1 is 1.04 bits per heavy atom. The van der Waals surface area contributed by atoms with Gasteiger partial charge in [0.2, 0.25) is 5.78 Å². The highest BCUT2D eigenvalue weighted by Crippen LogP contribution is 2.42. The van der Waals surface area contributed by atoms with Gasteiger partial charge in [0.15, 0.2) is 5.76 Å². The first-order chi connectivity index (χ1) is 13.1. The fourth-order valence-electron chi connectivity index (χ4n) is 3.22. The van der Waals surface area contributed by atoms with E-state index >= 15 is 0 Å². The summed E-state index contributed by atoms with van der Waals surface area (Å²) in [4.78, 5) is 27.5. The number of nitrogens with zero attached hydrogens (tertiary/aromatic N) is 1. The second kappa shape index (κ2) is 6.81. The SMILES string of the molecule is O=C(C1=C(O)C(=O)N(c2cccc(F)c2)C1c1ccccc1)c1cccs1. The zero-order chi connectivity index (χ0) is 19.0. The number of thiophene rings is 1. The molecule has 27 heavy (non-hydrogen) atoms. The summed E-state index contributed by atoms with van der Waals surface area (Å²) >= 11 is 1.23. The molecule has 4 rings (SSSR count). The molecule has 0 radical (unpaired) electrons. The van der Waals surface area contributed by atoms with Crippen LogP contribution in [0.2, 0.25) is 0 Å². The zero-order valence-electron chi connectivity index (χ0n) is 14.0. The molecule has 2 aromatic carbocycles. The minimum atomic E-state index is -0.838. The first-order valence-corrected chi connectivity index (χ1v) is 9.11. The molecule has 4 nitrogen and oxygen atoms in total. The topological polar surface area (TPSA) is 57.6 Å². The quantitative estimate of drug-likeness (QED) is 0.670. The van der Waals surface area contributed by atoms with Crippen LogP contribution in [0.5, 0.6) is 0 Å². The number of carbonyl (C=O) groups excluding carboxylic acids is 2. The van der Waals surface area contributed by atoms with Crippen LogP contribution in [0.4, 0.5) is 10.1 Å². The van der Waals surface area contributed by atoms with Crippen molar-refractivity contribution in [2.24, 2.45) is 0 Å². The number of benzene rings is 2. The Bertz CT molecular complexity index is 1040. The molecule has 2 heterocycles. The van der Waals surface area contributed by atoms with Crippen molar-refractivity contribution in [2.75, 3.05) is 4.90 Å². The summed E-state index contributed by atoms with van der Waals surface area (Å²) in [6.07, 6.45) is 0. The van der Waals surface area contributed by atoms with Gasteiger partial charge in [0, 0.05) is 5.69 Å². The summed E-state index contributed by atoms with van der Waals surface area (Å²) in [7, 11) is 0. The maximum absolute atomic E-state index is 13.8. The standard InChI is InChI=1S/C21H14FNO3S/c22-14-8-4-9-15(12-14)23-18(13-6-2-1-3-7-13)17(20(25)21(23)26)19(24)16-10-5-11-27-16/h1-12,18,25H. The predicted molar refractivity (Wildman–Crippen MR) is 101 cm³/mol. The van der Waals surface area contributed by atoms with E-state index in [0.717, 1.165) is 0 Å². The Morgan fingerprint density at radius 3 is 2.48 bits per heavy atom. The molecule has 0 aliphatic carbocycles. The Balaban J connectivity index is 1.89. The number of hydrogen-bond donors (Lipinski definition) is 1. The number of anilines is 1. The van der Waals surface area contributed by atoms with Crippen molar-refractivity contribution in [3.8, 4) is 0 Å². The fraction of sp³-hybridized carbons (Fsp3) is 0.0476. The van der Waals surface area contributed by atoms with Crippen LogP contribution in [-0.4, -0.2) is 16.8 Å². The number of aliphatic hydroxyl groups excluding tert-OH is 1. The van der Waals surface area contributed by atoms with Gasteiger partial charge in [-0.05, 0) is 35.2 Å². The van der Waals surface area contributed by atoms with Crippen LogP contribution in [0.25, 0.3) is 0 Å². The van der Waals surface area contributed by atoms with Crippen molar-refractivity contribution >= 4 is 28.7 Å². The molecule has 3 aromatic rings. The average molecular weight is 379 g/mol. The molecular weight excluding hydrogens is 365 g/mol. The second-order valence-electron chi connectivity index (χ2n) is 6.04. The van der Waals surface area contributed by atoms with E-state index in [1.165, 1.54) is 34.4 Å². The van der Waals surface area contributed by atoms with Gasteiger partial charge in [-0.3, -0.25) is 14.5 Å².